The monoisotopic (exact) mass is 508 g/mol. The van der Waals surface area contributed by atoms with Gasteiger partial charge in [-0.05, 0) is 37.5 Å². The zero-order valence-corrected chi connectivity index (χ0v) is 21.9. The summed E-state index contributed by atoms with van der Waals surface area (Å²) in [6.45, 7) is 9.59. The zero-order valence-electron chi connectivity index (χ0n) is 21.9. The van der Waals surface area contributed by atoms with Crippen LogP contribution in [0.3, 0.4) is 0 Å². The van der Waals surface area contributed by atoms with E-state index in [-0.39, 0.29) is 25.5 Å². The number of rotatable bonds is 9. The molecule has 0 spiro atoms. The molecule has 2 aromatic rings. The smallest absolute Gasteiger partial charge is 0.411 e. The first-order chi connectivity index (χ1) is 17.6. The third-order valence-electron chi connectivity index (χ3n) is 5.98. The van der Waals surface area contributed by atoms with Gasteiger partial charge in [0.1, 0.15) is 17.7 Å². The van der Waals surface area contributed by atoms with E-state index in [1.807, 2.05) is 54.6 Å². The Morgan fingerprint density at radius 2 is 1.76 bits per heavy atom. The lowest BCUT2D eigenvalue weighted by molar-refractivity contribution is -0.145. The van der Waals surface area contributed by atoms with Gasteiger partial charge in [-0.3, -0.25) is 9.69 Å². The second kappa shape index (κ2) is 12.5. The van der Waals surface area contributed by atoms with Crippen molar-refractivity contribution in [1.29, 1.82) is 0 Å². The van der Waals surface area contributed by atoms with E-state index in [9.17, 15) is 14.4 Å². The third-order valence-corrected chi connectivity index (χ3v) is 5.98. The van der Waals surface area contributed by atoms with Crippen molar-refractivity contribution in [3.63, 3.8) is 0 Å². The first-order valence-corrected chi connectivity index (χ1v) is 12.3. The van der Waals surface area contributed by atoms with E-state index in [1.54, 1.807) is 26.8 Å². The van der Waals surface area contributed by atoms with Crippen LogP contribution in [0.1, 0.15) is 43.9 Å². The minimum Gasteiger partial charge on any atom is -0.467 e. The van der Waals surface area contributed by atoms with E-state index < -0.39 is 35.7 Å². The lowest BCUT2D eigenvalue weighted by atomic mass is 10.1. The Morgan fingerprint density at radius 1 is 1.08 bits per heavy atom. The molecule has 3 atom stereocenters. The topological polar surface area (TPSA) is 94.2 Å². The fourth-order valence-corrected chi connectivity index (χ4v) is 4.11. The summed E-state index contributed by atoms with van der Waals surface area (Å²) in [4.78, 5) is 40.2. The lowest BCUT2D eigenvalue weighted by Gasteiger charge is -2.28. The van der Waals surface area contributed by atoms with Gasteiger partial charge in [-0.25, -0.2) is 9.59 Å². The highest BCUT2D eigenvalue weighted by molar-refractivity contribution is 5.90. The van der Waals surface area contributed by atoms with Crippen LogP contribution in [0.15, 0.2) is 61.2 Å². The average molecular weight is 509 g/mol. The van der Waals surface area contributed by atoms with E-state index in [1.165, 1.54) is 12.0 Å². The van der Waals surface area contributed by atoms with Gasteiger partial charge in [-0.15, -0.1) is 0 Å². The second-order valence-corrected chi connectivity index (χ2v) is 10.0. The molecular weight excluding hydrogens is 472 g/mol. The molecule has 8 heteroatoms. The number of nitrogens with zero attached hydrogens (tertiary/aromatic N) is 1. The molecule has 1 N–H and O–H groups in total. The average Bonchev–Trinajstić information content (AvgIpc) is 3.31. The number of hydrogen-bond donors (Lipinski definition) is 1. The predicted octanol–water partition coefficient (Wildman–Crippen LogP) is 4.12. The maximum Gasteiger partial charge on any atom is 0.411 e. The summed E-state index contributed by atoms with van der Waals surface area (Å²) in [6.07, 6.45) is 1.32. The molecule has 198 valence electrons. The van der Waals surface area contributed by atoms with Gasteiger partial charge in [0.25, 0.3) is 0 Å². The Morgan fingerprint density at radius 3 is 2.35 bits per heavy atom. The third kappa shape index (κ3) is 8.18. The molecule has 1 saturated heterocycles. The fraction of sp³-hybridized carbons (Fsp3) is 0.414. The molecule has 37 heavy (non-hydrogen) atoms. The Kier molecular flexibility index (Phi) is 9.47. The normalized spacial score (nSPS) is 18.1. The number of ether oxygens (including phenoxy) is 3. The van der Waals surface area contributed by atoms with Crippen molar-refractivity contribution in [2.45, 2.75) is 64.0 Å². The highest BCUT2D eigenvalue weighted by atomic mass is 16.6. The molecule has 0 saturated carbocycles. The van der Waals surface area contributed by atoms with Crippen molar-refractivity contribution >= 4 is 24.0 Å². The van der Waals surface area contributed by atoms with Crippen LogP contribution < -0.4 is 5.32 Å². The summed E-state index contributed by atoms with van der Waals surface area (Å²) in [7, 11) is 1.28. The van der Waals surface area contributed by atoms with Crippen LogP contribution in [-0.4, -0.2) is 60.3 Å². The second-order valence-electron chi connectivity index (χ2n) is 10.0. The fourth-order valence-electron chi connectivity index (χ4n) is 4.11. The van der Waals surface area contributed by atoms with E-state index in [2.05, 4.69) is 11.9 Å². The molecule has 1 heterocycles. The van der Waals surface area contributed by atoms with E-state index in [0.29, 0.717) is 6.61 Å². The standard InChI is InChI=1S/C29H36N2O6/c1-6-20-12-14-22(15-13-20)19-36-23-17-25(31(18-23)28(34)37-29(2,3)4)26(32)30-24(27(33)35-5)16-21-10-8-7-9-11-21/h6-15,23-25H,1,16-19H2,2-5H3,(H,30,32)/t23-,24-,25+/m1/s1. The molecule has 8 nitrogen and oxygen atoms in total. The first kappa shape index (κ1) is 27.9. The summed E-state index contributed by atoms with van der Waals surface area (Å²) < 4.78 is 16.6. The molecule has 0 bridgehead atoms. The molecule has 1 aliphatic rings. The van der Waals surface area contributed by atoms with Crippen LogP contribution in [0, 0.1) is 0 Å². The van der Waals surface area contributed by atoms with Crippen molar-refractivity contribution in [1.82, 2.24) is 10.2 Å². The number of carbonyl (C=O) groups is 3. The maximum atomic E-state index is 13.4. The van der Waals surface area contributed by atoms with Gasteiger partial charge < -0.3 is 19.5 Å². The Balaban J connectivity index is 1.73. The van der Waals surface area contributed by atoms with Crippen LogP contribution >= 0.6 is 0 Å². The van der Waals surface area contributed by atoms with Gasteiger partial charge in [0.05, 0.1) is 26.4 Å². The summed E-state index contributed by atoms with van der Waals surface area (Å²) in [5.41, 5.74) is 2.12. The number of benzene rings is 2. The largest absolute Gasteiger partial charge is 0.467 e. The minimum atomic E-state index is -0.899. The predicted molar refractivity (Wildman–Crippen MR) is 141 cm³/mol. The lowest BCUT2D eigenvalue weighted by Crippen LogP contribution is -2.52. The summed E-state index contributed by atoms with van der Waals surface area (Å²) in [6, 6.07) is 15.4. The Hall–Kier alpha value is -3.65. The molecule has 1 fully saturated rings. The molecular formula is C29H36N2O6. The minimum absolute atomic E-state index is 0.194. The van der Waals surface area contributed by atoms with Crippen LogP contribution in [0.5, 0.6) is 0 Å². The van der Waals surface area contributed by atoms with Crippen LogP contribution in [0.2, 0.25) is 0 Å². The van der Waals surface area contributed by atoms with Gasteiger partial charge in [-0.2, -0.15) is 0 Å². The number of likely N-dealkylation sites (tertiary alicyclic amines) is 1. The van der Waals surface area contributed by atoms with E-state index >= 15 is 0 Å². The van der Waals surface area contributed by atoms with Crippen molar-refractivity contribution in [3.8, 4) is 0 Å². The molecule has 0 aromatic heterocycles. The van der Waals surface area contributed by atoms with Crippen molar-refractivity contribution in [3.05, 3.63) is 77.9 Å². The van der Waals surface area contributed by atoms with Gasteiger partial charge in [-0.1, -0.05) is 67.3 Å². The number of nitrogens with one attached hydrogen (secondary N) is 1. The number of methoxy groups -OCH3 is 1. The van der Waals surface area contributed by atoms with Gasteiger partial charge in [0, 0.05) is 12.8 Å². The van der Waals surface area contributed by atoms with Crippen LogP contribution in [0.4, 0.5) is 4.79 Å². The van der Waals surface area contributed by atoms with E-state index in [0.717, 1.165) is 16.7 Å². The molecule has 0 radical (unpaired) electrons. The SMILES string of the molecule is C=Cc1ccc(CO[C@@H]2C[C@@H](C(=O)N[C@H](Cc3ccccc3)C(=O)OC)N(C(=O)OC(C)(C)C)C2)cc1. The first-order valence-electron chi connectivity index (χ1n) is 12.3. The molecule has 0 aliphatic carbocycles. The quantitative estimate of drug-likeness (QED) is 0.512. The maximum absolute atomic E-state index is 13.4. The van der Waals surface area contributed by atoms with Gasteiger partial charge in [0.2, 0.25) is 5.91 Å². The Labute approximate surface area is 218 Å². The number of esters is 1. The Bertz CT molecular complexity index is 1080. The summed E-state index contributed by atoms with van der Waals surface area (Å²) in [5, 5.41) is 2.78. The molecule has 2 amide bonds. The van der Waals surface area contributed by atoms with Crippen molar-refractivity contribution in [2.24, 2.45) is 0 Å². The number of amides is 2. The highest BCUT2D eigenvalue weighted by Crippen LogP contribution is 2.25. The molecule has 3 rings (SSSR count). The summed E-state index contributed by atoms with van der Waals surface area (Å²) in [5.74, 6) is -1.02. The molecule has 0 unspecified atom stereocenters. The molecule has 2 aromatic carbocycles. The van der Waals surface area contributed by atoms with Gasteiger partial charge >= 0.3 is 12.1 Å². The van der Waals surface area contributed by atoms with E-state index in [4.69, 9.17) is 14.2 Å². The van der Waals surface area contributed by atoms with Crippen LogP contribution in [-0.2, 0) is 36.8 Å². The van der Waals surface area contributed by atoms with Gasteiger partial charge in [0.15, 0.2) is 0 Å². The number of hydrogen-bond acceptors (Lipinski definition) is 6. The molecule has 1 aliphatic heterocycles. The van der Waals surface area contributed by atoms with Crippen molar-refractivity contribution < 1.29 is 28.6 Å². The van der Waals surface area contributed by atoms with Crippen LogP contribution in [0.25, 0.3) is 6.08 Å². The highest BCUT2D eigenvalue weighted by Gasteiger charge is 2.43. The van der Waals surface area contributed by atoms with Crippen molar-refractivity contribution in [2.75, 3.05) is 13.7 Å². The summed E-state index contributed by atoms with van der Waals surface area (Å²) >= 11 is 0. The number of carbonyl (C=O) groups excluding carboxylic acids is 3. The zero-order chi connectivity index (χ0) is 27.0.